The predicted octanol–water partition coefficient (Wildman–Crippen LogP) is 4.49. The van der Waals surface area contributed by atoms with Crippen LogP contribution >= 0.6 is 0 Å². The Morgan fingerprint density at radius 1 is 1.38 bits per heavy atom. The minimum atomic E-state index is 0.718. The van der Waals surface area contributed by atoms with Crippen molar-refractivity contribution in [1.29, 1.82) is 0 Å². The molecule has 0 heteroatoms. The fourth-order valence-corrected chi connectivity index (χ4v) is 2.65. The molecule has 0 heterocycles. The highest BCUT2D eigenvalue weighted by atomic mass is 14.5. The van der Waals surface area contributed by atoms with Crippen molar-refractivity contribution in [3.05, 3.63) is 0 Å². The maximum Gasteiger partial charge on any atom is -0.0295 e. The van der Waals surface area contributed by atoms with Gasteiger partial charge in [0.25, 0.3) is 0 Å². The van der Waals surface area contributed by atoms with Crippen LogP contribution in [0.4, 0.5) is 0 Å². The van der Waals surface area contributed by atoms with Crippen LogP contribution in [0.1, 0.15) is 60.3 Å². The lowest BCUT2D eigenvalue weighted by atomic mass is 9.84. The van der Waals surface area contributed by atoms with Gasteiger partial charge in [0.15, 0.2) is 0 Å². The van der Waals surface area contributed by atoms with Crippen molar-refractivity contribution >= 4 is 0 Å². The van der Waals surface area contributed by atoms with Crippen molar-refractivity contribution in [2.75, 3.05) is 0 Å². The second-order valence-electron chi connectivity index (χ2n) is 5.87. The molecule has 0 spiro atoms. The third-order valence-electron chi connectivity index (χ3n) is 3.94. The van der Waals surface area contributed by atoms with Gasteiger partial charge in [-0.15, -0.1) is 0 Å². The topological polar surface area (TPSA) is 0 Å². The van der Waals surface area contributed by atoms with Crippen LogP contribution in [0.5, 0.6) is 0 Å². The van der Waals surface area contributed by atoms with Gasteiger partial charge in [-0.1, -0.05) is 41.0 Å². The first-order valence-electron chi connectivity index (χ1n) is 5.98. The lowest BCUT2D eigenvalue weighted by Crippen LogP contribution is -2.10. The van der Waals surface area contributed by atoms with E-state index in [1.54, 1.807) is 0 Å². The summed E-state index contributed by atoms with van der Waals surface area (Å²) in [6.45, 7) is 11.9. The Bertz CT molecular complexity index is 159. The van der Waals surface area contributed by atoms with Gasteiger partial charge in [-0.2, -0.15) is 0 Å². The zero-order chi connectivity index (χ0) is 10.1. The molecule has 1 aliphatic carbocycles. The van der Waals surface area contributed by atoms with Gasteiger partial charge >= 0.3 is 0 Å². The Labute approximate surface area is 84.1 Å². The van der Waals surface area contributed by atoms with Crippen molar-refractivity contribution in [3.63, 3.8) is 0 Å². The lowest BCUT2D eigenvalue weighted by Gasteiger charge is -2.21. The van der Waals surface area contributed by atoms with Crippen LogP contribution < -0.4 is 0 Å². The summed E-state index contributed by atoms with van der Waals surface area (Å²) in [5.41, 5.74) is 0.718. The van der Waals surface area contributed by atoms with E-state index in [4.69, 9.17) is 0 Å². The smallest absolute Gasteiger partial charge is 0.0295 e. The lowest BCUT2D eigenvalue weighted by molar-refractivity contribution is 0.300. The molecule has 3 unspecified atom stereocenters. The maximum absolute atomic E-state index is 2.47. The molecule has 3 atom stereocenters. The van der Waals surface area contributed by atoms with Crippen molar-refractivity contribution in [2.45, 2.75) is 60.3 Å². The van der Waals surface area contributed by atoms with Gasteiger partial charge < -0.3 is 0 Å². The predicted molar refractivity (Wildman–Crippen MR) is 59.7 cm³/mol. The SMILES string of the molecule is CCC(CC(C)C)CC1(C)CC1C. The third-order valence-corrected chi connectivity index (χ3v) is 3.94. The third kappa shape index (κ3) is 3.00. The quantitative estimate of drug-likeness (QED) is 0.587. The fourth-order valence-electron chi connectivity index (χ4n) is 2.65. The normalized spacial score (nSPS) is 35.1. The zero-order valence-corrected chi connectivity index (χ0v) is 10.1. The average molecular weight is 182 g/mol. The molecule has 1 fully saturated rings. The van der Waals surface area contributed by atoms with E-state index in [0.29, 0.717) is 0 Å². The van der Waals surface area contributed by atoms with Gasteiger partial charge in [-0.05, 0) is 42.4 Å². The first-order valence-corrected chi connectivity index (χ1v) is 5.98. The highest BCUT2D eigenvalue weighted by Gasteiger charge is 2.46. The molecule has 13 heavy (non-hydrogen) atoms. The van der Waals surface area contributed by atoms with Gasteiger partial charge in [0.05, 0.1) is 0 Å². The van der Waals surface area contributed by atoms with E-state index in [2.05, 4.69) is 34.6 Å². The first kappa shape index (κ1) is 11.1. The van der Waals surface area contributed by atoms with Gasteiger partial charge in [0.2, 0.25) is 0 Å². The summed E-state index contributed by atoms with van der Waals surface area (Å²) in [5, 5.41) is 0. The van der Waals surface area contributed by atoms with E-state index in [1.807, 2.05) is 0 Å². The molecule has 0 aromatic carbocycles. The Kier molecular flexibility index (Phi) is 3.43. The second-order valence-corrected chi connectivity index (χ2v) is 5.87. The number of hydrogen-bond donors (Lipinski definition) is 0. The van der Waals surface area contributed by atoms with Crippen LogP contribution in [-0.4, -0.2) is 0 Å². The van der Waals surface area contributed by atoms with E-state index in [9.17, 15) is 0 Å². The molecule has 0 saturated heterocycles. The Morgan fingerprint density at radius 2 is 1.92 bits per heavy atom. The van der Waals surface area contributed by atoms with E-state index in [-0.39, 0.29) is 0 Å². The highest BCUT2D eigenvalue weighted by molar-refractivity contribution is 4.96. The van der Waals surface area contributed by atoms with E-state index < -0.39 is 0 Å². The average Bonchev–Trinajstić information content (AvgIpc) is 2.57. The number of rotatable bonds is 5. The van der Waals surface area contributed by atoms with E-state index in [0.717, 1.165) is 23.2 Å². The minimum Gasteiger partial charge on any atom is -0.0651 e. The summed E-state index contributed by atoms with van der Waals surface area (Å²) in [7, 11) is 0. The molecular formula is C13H26. The summed E-state index contributed by atoms with van der Waals surface area (Å²) in [4.78, 5) is 0. The van der Waals surface area contributed by atoms with Crippen LogP contribution in [0.2, 0.25) is 0 Å². The molecule has 0 aromatic heterocycles. The molecule has 1 saturated carbocycles. The molecule has 78 valence electrons. The first-order chi connectivity index (χ1) is 5.98. The highest BCUT2D eigenvalue weighted by Crippen LogP contribution is 2.56. The van der Waals surface area contributed by atoms with Crippen LogP contribution in [0.25, 0.3) is 0 Å². The molecule has 0 aromatic rings. The Balaban J connectivity index is 2.32. The molecule has 0 radical (unpaired) electrons. The molecule has 0 amide bonds. The number of hydrogen-bond acceptors (Lipinski definition) is 0. The van der Waals surface area contributed by atoms with Gasteiger partial charge in [-0.3, -0.25) is 0 Å². The summed E-state index contributed by atoms with van der Waals surface area (Å²) < 4.78 is 0. The van der Waals surface area contributed by atoms with Crippen molar-refractivity contribution in [3.8, 4) is 0 Å². The van der Waals surface area contributed by atoms with Gasteiger partial charge in [0.1, 0.15) is 0 Å². The second kappa shape index (κ2) is 4.02. The largest absolute Gasteiger partial charge is 0.0651 e. The summed E-state index contributed by atoms with van der Waals surface area (Å²) >= 11 is 0. The Morgan fingerprint density at radius 3 is 2.23 bits per heavy atom. The van der Waals surface area contributed by atoms with Crippen LogP contribution in [-0.2, 0) is 0 Å². The molecule has 0 nitrogen and oxygen atoms in total. The molecule has 0 bridgehead atoms. The minimum absolute atomic E-state index is 0.718. The molecule has 1 rings (SSSR count). The monoisotopic (exact) mass is 182 g/mol. The molecular weight excluding hydrogens is 156 g/mol. The fraction of sp³-hybridized carbons (Fsp3) is 1.00. The van der Waals surface area contributed by atoms with Crippen molar-refractivity contribution < 1.29 is 0 Å². The Hall–Kier alpha value is 0. The molecule has 1 aliphatic rings. The van der Waals surface area contributed by atoms with E-state index in [1.165, 1.54) is 25.7 Å². The summed E-state index contributed by atoms with van der Waals surface area (Å²) in [6.07, 6.45) is 5.75. The summed E-state index contributed by atoms with van der Waals surface area (Å²) in [6, 6.07) is 0. The standard InChI is InChI=1S/C13H26/c1-6-12(7-10(2)3)9-13(5)8-11(13)4/h10-12H,6-9H2,1-5H3. The van der Waals surface area contributed by atoms with E-state index >= 15 is 0 Å². The van der Waals surface area contributed by atoms with Gasteiger partial charge in [-0.25, -0.2) is 0 Å². The van der Waals surface area contributed by atoms with Gasteiger partial charge in [0, 0.05) is 0 Å². The van der Waals surface area contributed by atoms with Crippen molar-refractivity contribution in [2.24, 2.45) is 23.2 Å². The molecule has 0 aliphatic heterocycles. The summed E-state index contributed by atoms with van der Waals surface area (Å²) in [5.74, 6) is 2.85. The van der Waals surface area contributed by atoms with Crippen LogP contribution in [0.3, 0.4) is 0 Å². The zero-order valence-electron chi connectivity index (χ0n) is 10.1. The van der Waals surface area contributed by atoms with Crippen LogP contribution in [0.15, 0.2) is 0 Å². The van der Waals surface area contributed by atoms with Crippen molar-refractivity contribution in [1.82, 2.24) is 0 Å². The van der Waals surface area contributed by atoms with Crippen LogP contribution in [0, 0.1) is 23.2 Å². The molecule has 0 N–H and O–H groups in total. The maximum atomic E-state index is 2.47.